The number of hydrogen-bond acceptors (Lipinski definition) is 0. The number of hydrogen-bond donors (Lipinski definition) is 0. The van der Waals surface area contributed by atoms with Gasteiger partial charge in [0, 0.05) is 16.8 Å². The van der Waals surface area contributed by atoms with E-state index in [1.807, 2.05) is 0 Å². The fourth-order valence-corrected chi connectivity index (χ4v) is 14.7. The molecule has 0 fully saturated rings. The maximum Gasteiger partial charge on any atom is 0.240 e. The lowest BCUT2D eigenvalue weighted by atomic mass is 9.36. The molecular weight excluding hydrogens is 477 g/mol. The summed E-state index contributed by atoms with van der Waals surface area (Å²) in [6, 6.07) is 33.3. The van der Waals surface area contributed by atoms with Crippen LogP contribution < -0.4 is 37.1 Å². The molecular formula is C33H32BNSi2. The Kier molecular flexibility index (Phi) is 4.31. The van der Waals surface area contributed by atoms with Crippen LogP contribution in [0.3, 0.4) is 0 Å². The van der Waals surface area contributed by atoms with E-state index >= 15 is 0 Å². The summed E-state index contributed by atoms with van der Waals surface area (Å²) >= 11 is 0. The number of aromatic nitrogens is 1. The molecule has 37 heavy (non-hydrogen) atoms. The molecule has 0 saturated heterocycles. The molecule has 3 aliphatic rings. The topological polar surface area (TPSA) is 4.93 Å². The van der Waals surface area contributed by atoms with Crippen molar-refractivity contribution in [2.45, 2.75) is 45.5 Å². The van der Waals surface area contributed by atoms with Gasteiger partial charge in [-0.1, -0.05) is 130 Å². The van der Waals surface area contributed by atoms with Crippen molar-refractivity contribution in [3.8, 4) is 5.69 Å². The Morgan fingerprint density at radius 2 is 1.32 bits per heavy atom. The first-order chi connectivity index (χ1) is 17.9. The summed E-state index contributed by atoms with van der Waals surface area (Å²) in [5.74, 6) is 0. The normalized spacial score (nSPS) is 17.8. The molecule has 0 N–H and O–H groups in total. The fourth-order valence-electron chi connectivity index (χ4n) is 8.16. The lowest BCUT2D eigenvalue weighted by Gasteiger charge is -2.45. The highest BCUT2D eigenvalue weighted by Gasteiger charge is 2.49. The third-order valence-electron chi connectivity index (χ3n) is 9.89. The van der Waals surface area contributed by atoms with Gasteiger partial charge >= 0.3 is 0 Å². The highest BCUT2D eigenvalue weighted by atomic mass is 28.3. The van der Waals surface area contributed by atoms with Crippen LogP contribution in [0.4, 0.5) is 0 Å². The van der Waals surface area contributed by atoms with Gasteiger partial charge in [0.25, 0.3) is 0 Å². The van der Waals surface area contributed by atoms with Crippen molar-refractivity contribution in [2.75, 3.05) is 0 Å². The molecule has 0 spiro atoms. The first-order valence-electron chi connectivity index (χ1n) is 13.9. The summed E-state index contributed by atoms with van der Waals surface area (Å²) in [5.41, 5.74) is 10.6. The molecule has 0 bridgehead atoms. The third-order valence-corrected chi connectivity index (χ3v) is 17.0. The number of fused-ring (bicyclic) bond motifs is 7. The monoisotopic (exact) mass is 509 g/mol. The Morgan fingerprint density at radius 3 is 2.16 bits per heavy atom. The maximum absolute atomic E-state index is 2.60. The molecule has 0 saturated carbocycles. The minimum atomic E-state index is -1.90. The predicted molar refractivity (Wildman–Crippen MR) is 166 cm³/mol. The third kappa shape index (κ3) is 2.70. The zero-order valence-electron chi connectivity index (χ0n) is 22.2. The Morgan fingerprint density at radius 1 is 0.649 bits per heavy atom. The molecule has 5 aromatic rings. The van der Waals surface area contributed by atoms with Gasteiger partial charge in [-0.15, -0.1) is 0 Å². The Labute approximate surface area is 222 Å². The van der Waals surface area contributed by atoms with Gasteiger partial charge in [0.1, 0.15) is 16.1 Å². The molecule has 0 unspecified atom stereocenters. The van der Waals surface area contributed by atoms with Crippen molar-refractivity contribution in [2.24, 2.45) is 0 Å². The van der Waals surface area contributed by atoms with E-state index in [1.54, 1.807) is 42.7 Å². The second-order valence-corrected chi connectivity index (χ2v) is 21.1. The first kappa shape index (κ1) is 22.0. The van der Waals surface area contributed by atoms with E-state index in [-0.39, 0.29) is 0 Å². The van der Waals surface area contributed by atoms with E-state index in [2.05, 4.69) is 116 Å². The highest BCUT2D eigenvalue weighted by Crippen LogP contribution is 2.35. The smallest absolute Gasteiger partial charge is 0.240 e. The van der Waals surface area contributed by atoms with Crippen molar-refractivity contribution >= 4 is 70.9 Å². The van der Waals surface area contributed by atoms with Gasteiger partial charge in [-0.05, 0) is 43.0 Å². The molecule has 0 atom stereocenters. The Balaban J connectivity index is 1.42. The van der Waals surface area contributed by atoms with Gasteiger partial charge in [0.05, 0.1) is 5.52 Å². The lowest BCUT2D eigenvalue weighted by Crippen LogP contribution is -2.86. The van der Waals surface area contributed by atoms with Gasteiger partial charge in [-0.3, -0.25) is 0 Å². The van der Waals surface area contributed by atoms with E-state index in [4.69, 9.17) is 0 Å². The molecule has 2 aliphatic heterocycles. The largest absolute Gasteiger partial charge is 0.313 e. The standard InChI is InChI=1S/C33H32BNSi2/c1-36(2)29-16-8-6-13-25(29)34-26-20-19-22(21-32(26)37(3,4)31-18-10-17-30(36)33(31)34)35-27-14-7-5-11-23(27)24-12-9-15-28(24)35/h5-8,10-11,13-14,16-21H,9,12,15H2,1-4H3. The van der Waals surface area contributed by atoms with Crippen molar-refractivity contribution in [1.29, 1.82) is 0 Å². The Hall–Kier alpha value is -3.08. The highest BCUT2D eigenvalue weighted by molar-refractivity contribution is 7.21. The molecule has 4 aromatic carbocycles. The van der Waals surface area contributed by atoms with Crippen LogP contribution in [-0.2, 0) is 12.8 Å². The molecule has 0 radical (unpaired) electrons. The Bertz CT molecular complexity index is 1780. The molecule has 8 rings (SSSR count). The summed E-state index contributed by atoms with van der Waals surface area (Å²) in [4.78, 5) is 0. The minimum Gasteiger partial charge on any atom is -0.313 e. The van der Waals surface area contributed by atoms with Crippen LogP contribution in [0.5, 0.6) is 0 Å². The predicted octanol–water partition coefficient (Wildman–Crippen LogP) is 2.91. The van der Waals surface area contributed by atoms with Crippen molar-refractivity contribution in [3.05, 3.63) is 96.2 Å². The summed E-state index contributed by atoms with van der Waals surface area (Å²) in [5, 5.41) is 8.03. The number of aryl methyl sites for hydroxylation is 1. The van der Waals surface area contributed by atoms with E-state index in [9.17, 15) is 0 Å². The van der Waals surface area contributed by atoms with Crippen LogP contribution in [0, 0.1) is 0 Å². The SMILES string of the molecule is C[Si]1(C)c2ccccc2B2c3ccc(-n4c5c(c6ccccc64)CCC5)cc3[Si](C)(C)c3cccc1c32. The van der Waals surface area contributed by atoms with E-state index in [0.29, 0.717) is 6.71 Å². The zero-order valence-corrected chi connectivity index (χ0v) is 24.2. The van der Waals surface area contributed by atoms with Crippen LogP contribution >= 0.6 is 0 Å². The van der Waals surface area contributed by atoms with Crippen molar-refractivity contribution in [1.82, 2.24) is 4.57 Å². The molecule has 3 heterocycles. The van der Waals surface area contributed by atoms with Gasteiger partial charge < -0.3 is 4.57 Å². The van der Waals surface area contributed by atoms with E-state index in [1.165, 1.54) is 41.5 Å². The molecule has 1 aromatic heterocycles. The van der Waals surface area contributed by atoms with Gasteiger partial charge in [-0.25, -0.2) is 0 Å². The van der Waals surface area contributed by atoms with Gasteiger partial charge in [0.15, 0.2) is 0 Å². The van der Waals surface area contributed by atoms with Crippen LogP contribution in [0.1, 0.15) is 17.7 Å². The van der Waals surface area contributed by atoms with Crippen LogP contribution in [0.25, 0.3) is 16.6 Å². The maximum atomic E-state index is 2.60. The van der Waals surface area contributed by atoms with Crippen LogP contribution in [0.2, 0.25) is 26.2 Å². The molecule has 180 valence electrons. The average Bonchev–Trinajstić information content (AvgIpc) is 3.49. The van der Waals surface area contributed by atoms with Crippen LogP contribution in [-0.4, -0.2) is 27.4 Å². The average molecular weight is 510 g/mol. The molecule has 1 nitrogen and oxygen atoms in total. The molecule has 1 aliphatic carbocycles. The quantitative estimate of drug-likeness (QED) is 0.307. The molecule has 0 amide bonds. The fraction of sp³-hybridized carbons (Fsp3) is 0.212. The second kappa shape index (κ2) is 7.27. The van der Waals surface area contributed by atoms with Crippen molar-refractivity contribution in [3.63, 3.8) is 0 Å². The molecule has 4 heteroatoms. The number of para-hydroxylation sites is 1. The van der Waals surface area contributed by atoms with E-state index < -0.39 is 16.1 Å². The van der Waals surface area contributed by atoms with Crippen LogP contribution in [0.15, 0.2) is 84.9 Å². The summed E-state index contributed by atoms with van der Waals surface area (Å²) in [6.45, 7) is 10.7. The number of nitrogens with zero attached hydrogens (tertiary/aromatic N) is 1. The summed E-state index contributed by atoms with van der Waals surface area (Å²) < 4.78 is 2.60. The van der Waals surface area contributed by atoms with Gasteiger partial charge in [-0.2, -0.15) is 0 Å². The minimum absolute atomic E-state index is 0.361. The zero-order chi connectivity index (χ0) is 25.1. The summed E-state index contributed by atoms with van der Waals surface area (Å²) in [7, 11) is -3.65. The lowest BCUT2D eigenvalue weighted by molar-refractivity contribution is 0.874. The first-order valence-corrected chi connectivity index (χ1v) is 19.9. The summed E-state index contributed by atoms with van der Waals surface area (Å²) in [6.07, 6.45) is 3.67. The van der Waals surface area contributed by atoms with E-state index in [0.717, 1.165) is 0 Å². The number of rotatable bonds is 1. The van der Waals surface area contributed by atoms with Crippen molar-refractivity contribution < 1.29 is 0 Å². The second-order valence-electron chi connectivity index (χ2n) is 12.4. The van der Waals surface area contributed by atoms with Gasteiger partial charge in [0.2, 0.25) is 6.71 Å². The number of benzene rings is 4.